The zero-order chi connectivity index (χ0) is 7.28. The first kappa shape index (κ1) is 7.83. The van der Waals surface area contributed by atoms with Gasteiger partial charge >= 0.3 is 0 Å². The minimum Gasteiger partial charge on any atom is -0.367 e. The maximum Gasteiger partial charge on any atom is 0.252 e. The van der Waals surface area contributed by atoms with Crippen molar-refractivity contribution in [3.63, 3.8) is 0 Å². The third-order valence-corrected chi connectivity index (χ3v) is 0.520. The van der Waals surface area contributed by atoms with Crippen molar-refractivity contribution in [3.8, 4) is 0 Å². The standard InChI is InChI=1S/C2H5ClN6/c3-7-2(6)9-8-1(4)5/h(H3,4,5)(H2,6,7). The molecule has 0 unspecified atom stereocenters. The fourth-order valence-electron chi connectivity index (χ4n) is 0.122. The van der Waals surface area contributed by atoms with Crippen LogP contribution in [0.3, 0.4) is 0 Å². The van der Waals surface area contributed by atoms with Crippen LogP contribution >= 0.6 is 11.8 Å². The highest BCUT2D eigenvalue weighted by Gasteiger charge is 1.83. The molecular formula is C2H5ClN6. The average molecular weight is 149 g/mol. The lowest BCUT2D eigenvalue weighted by Crippen LogP contribution is -2.09. The number of hydrogen-bond acceptors (Lipinski definition) is 2. The first-order valence-electron chi connectivity index (χ1n) is 1.87. The van der Waals surface area contributed by atoms with Crippen LogP contribution in [0.15, 0.2) is 14.7 Å². The highest BCUT2D eigenvalue weighted by molar-refractivity contribution is 6.19. The lowest BCUT2D eigenvalue weighted by molar-refractivity contribution is 1.23. The Hall–Kier alpha value is -1.17. The van der Waals surface area contributed by atoms with Crippen LogP contribution in [0.5, 0.6) is 0 Å². The maximum atomic E-state index is 6.53. The monoisotopic (exact) mass is 148 g/mol. The minimum atomic E-state index is -0.446. The van der Waals surface area contributed by atoms with E-state index in [0.717, 1.165) is 0 Å². The quantitative estimate of drug-likeness (QED) is 0.251. The molecule has 0 aromatic heterocycles. The lowest BCUT2D eigenvalue weighted by Gasteiger charge is -1.82. The van der Waals surface area contributed by atoms with Crippen molar-refractivity contribution in [1.29, 1.82) is 5.41 Å². The summed E-state index contributed by atoms with van der Waals surface area (Å²) in [4.78, 5) is 0. The van der Waals surface area contributed by atoms with E-state index >= 15 is 0 Å². The molecule has 0 atom stereocenters. The van der Waals surface area contributed by atoms with Gasteiger partial charge in [-0.1, -0.05) is 0 Å². The highest BCUT2D eigenvalue weighted by Crippen LogP contribution is 1.79. The third kappa shape index (κ3) is 4.69. The van der Waals surface area contributed by atoms with Gasteiger partial charge in [-0.15, -0.1) is 14.7 Å². The van der Waals surface area contributed by atoms with E-state index in [1.165, 1.54) is 0 Å². The molecule has 0 saturated carbocycles. The molecule has 0 heterocycles. The zero-order valence-corrected chi connectivity index (χ0v) is 5.13. The van der Waals surface area contributed by atoms with Gasteiger partial charge in [0.05, 0.1) is 0 Å². The molecule has 9 heavy (non-hydrogen) atoms. The molecular weight excluding hydrogens is 144 g/mol. The molecule has 0 aromatic rings. The van der Waals surface area contributed by atoms with Gasteiger partial charge in [0.15, 0.2) is 0 Å². The topological polar surface area (TPSA) is 113 Å². The normalized spacial score (nSPS) is 12.3. The Bertz CT molecular complexity index is 158. The van der Waals surface area contributed by atoms with Crippen molar-refractivity contribution < 1.29 is 0 Å². The Morgan fingerprint density at radius 1 is 1.33 bits per heavy atom. The second-order valence-electron chi connectivity index (χ2n) is 1.03. The van der Waals surface area contributed by atoms with E-state index in [0.29, 0.717) is 0 Å². The molecule has 0 radical (unpaired) electrons. The summed E-state index contributed by atoms with van der Waals surface area (Å²) in [6.45, 7) is 0. The van der Waals surface area contributed by atoms with Crippen molar-refractivity contribution in [2.75, 3.05) is 0 Å². The second-order valence-corrected chi connectivity index (χ2v) is 1.20. The van der Waals surface area contributed by atoms with Crippen molar-refractivity contribution in [2.24, 2.45) is 26.2 Å². The van der Waals surface area contributed by atoms with Crippen LogP contribution in [0.1, 0.15) is 0 Å². The van der Waals surface area contributed by atoms with Gasteiger partial charge in [-0.2, -0.15) is 0 Å². The average Bonchev–Trinajstić information content (AvgIpc) is 1.83. The molecule has 0 aliphatic rings. The van der Waals surface area contributed by atoms with Gasteiger partial charge in [-0.3, -0.25) is 5.41 Å². The van der Waals surface area contributed by atoms with Crippen molar-refractivity contribution in [3.05, 3.63) is 0 Å². The fourth-order valence-corrected chi connectivity index (χ4v) is 0.156. The van der Waals surface area contributed by atoms with Gasteiger partial charge in [-0.05, 0) is 0 Å². The zero-order valence-electron chi connectivity index (χ0n) is 4.37. The molecule has 0 rings (SSSR count). The van der Waals surface area contributed by atoms with Crippen LogP contribution in [0.25, 0.3) is 0 Å². The van der Waals surface area contributed by atoms with E-state index in [2.05, 4.69) is 14.7 Å². The Labute approximate surface area is 56.2 Å². The van der Waals surface area contributed by atoms with Crippen LogP contribution in [0.4, 0.5) is 0 Å². The molecule has 0 bridgehead atoms. The number of rotatable bonds is 0. The first-order chi connectivity index (χ1) is 4.16. The Morgan fingerprint density at radius 2 is 1.89 bits per heavy atom. The summed E-state index contributed by atoms with van der Waals surface area (Å²) in [5, 5.41) is 12.7. The molecule has 0 aliphatic carbocycles. The smallest absolute Gasteiger partial charge is 0.252 e. The predicted octanol–water partition coefficient (Wildman–Crippen LogP) is -0.199. The number of nitrogens with one attached hydrogen (secondary N) is 1. The third-order valence-electron chi connectivity index (χ3n) is 0.347. The van der Waals surface area contributed by atoms with E-state index in [4.69, 9.17) is 28.7 Å². The Balaban J connectivity index is 3.86. The van der Waals surface area contributed by atoms with E-state index in [1.807, 2.05) is 0 Å². The van der Waals surface area contributed by atoms with E-state index < -0.39 is 5.96 Å². The van der Waals surface area contributed by atoms with Crippen LogP contribution in [-0.4, -0.2) is 11.9 Å². The van der Waals surface area contributed by atoms with Crippen LogP contribution in [-0.2, 0) is 0 Å². The summed E-state index contributed by atoms with van der Waals surface area (Å²) < 4.78 is 2.91. The molecule has 0 fully saturated rings. The Kier molecular flexibility index (Phi) is 3.29. The lowest BCUT2D eigenvalue weighted by atomic mass is 11.1. The van der Waals surface area contributed by atoms with Gasteiger partial charge in [0.25, 0.3) is 5.96 Å². The summed E-state index contributed by atoms with van der Waals surface area (Å²) in [5.41, 5.74) is 9.69. The molecule has 0 spiro atoms. The number of azo groups is 1. The van der Waals surface area contributed by atoms with Crippen molar-refractivity contribution in [2.45, 2.75) is 0 Å². The van der Waals surface area contributed by atoms with E-state index in [1.54, 1.807) is 0 Å². The molecule has 50 valence electrons. The predicted molar refractivity (Wildman–Crippen MR) is 34.2 cm³/mol. The van der Waals surface area contributed by atoms with Crippen LogP contribution in [0, 0.1) is 5.41 Å². The maximum absolute atomic E-state index is 6.53. The van der Waals surface area contributed by atoms with Crippen LogP contribution in [0.2, 0.25) is 0 Å². The minimum absolute atomic E-state index is 0.230. The summed E-state index contributed by atoms with van der Waals surface area (Å²) in [5.74, 6) is -0.676. The molecule has 6 nitrogen and oxygen atoms in total. The van der Waals surface area contributed by atoms with Gasteiger partial charge < -0.3 is 11.5 Å². The first-order valence-corrected chi connectivity index (χ1v) is 2.21. The van der Waals surface area contributed by atoms with E-state index in [9.17, 15) is 0 Å². The molecule has 0 amide bonds. The molecule has 0 saturated heterocycles. The van der Waals surface area contributed by atoms with E-state index in [-0.39, 0.29) is 5.96 Å². The van der Waals surface area contributed by atoms with Gasteiger partial charge in [-0.25, -0.2) is 0 Å². The summed E-state index contributed by atoms with van der Waals surface area (Å²) in [6.07, 6.45) is 0. The fraction of sp³-hybridized carbons (Fsp3) is 0. The van der Waals surface area contributed by atoms with Crippen molar-refractivity contribution in [1.82, 2.24) is 0 Å². The van der Waals surface area contributed by atoms with Crippen LogP contribution < -0.4 is 11.5 Å². The largest absolute Gasteiger partial charge is 0.367 e. The second kappa shape index (κ2) is 3.79. The molecule has 5 N–H and O–H groups in total. The Morgan fingerprint density at radius 3 is 2.22 bits per heavy atom. The molecule has 0 aliphatic heterocycles. The van der Waals surface area contributed by atoms with Crippen molar-refractivity contribution >= 4 is 23.7 Å². The summed E-state index contributed by atoms with van der Waals surface area (Å²) in [6, 6.07) is 0. The number of guanidine groups is 2. The number of nitrogens with zero attached hydrogens (tertiary/aromatic N) is 3. The number of hydrogen-bond donors (Lipinski definition) is 3. The number of nitrogens with two attached hydrogens (primary N) is 2. The molecule has 7 heteroatoms. The molecule has 0 aromatic carbocycles. The van der Waals surface area contributed by atoms with Gasteiger partial charge in [0, 0.05) is 11.8 Å². The van der Waals surface area contributed by atoms with Gasteiger partial charge in [0.1, 0.15) is 0 Å². The SMILES string of the molecule is N=C(N)N=NC(N)=NCl. The van der Waals surface area contributed by atoms with Gasteiger partial charge in [0.2, 0.25) is 5.96 Å². The highest BCUT2D eigenvalue weighted by atomic mass is 35.5. The summed E-state index contributed by atoms with van der Waals surface area (Å²) >= 11 is 4.83. The number of halogens is 1. The summed E-state index contributed by atoms with van der Waals surface area (Å²) in [7, 11) is 0.